The predicted octanol–water partition coefficient (Wildman–Crippen LogP) is 1.74. The topological polar surface area (TPSA) is 43.8 Å². The summed E-state index contributed by atoms with van der Waals surface area (Å²) in [7, 11) is 0. The fraction of sp³-hybridized carbons (Fsp3) is 0.611. The summed E-state index contributed by atoms with van der Waals surface area (Å²) in [5.74, 6) is 0.661. The van der Waals surface area contributed by atoms with Crippen molar-refractivity contribution in [3.8, 4) is 0 Å². The summed E-state index contributed by atoms with van der Waals surface area (Å²) in [6.07, 6.45) is 3.58. The molecule has 3 fully saturated rings. The van der Waals surface area contributed by atoms with Gasteiger partial charge in [-0.2, -0.15) is 0 Å². The first-order valence-electron chi connectivity index (χ1n) is 8.50. The van der Waals surface area contributed by atoms with E-state index in [9.17, 15) is 14.3 Å². The molecule has 2 aliphatic heterocycles. The summed E-state index contributed by atoms with van der Waals surface area (Å²) in [6, 6.07) is 5.91. The van der Waals surface area contributed by atoms with Gasteiger partial charge >= 0.3 is 0 Å². The average molecular weight is 318 g/mol. The Hall–Kier alpha value is -1.46. The number of nitrogens with zero attached hydrogens (tertiary/aromatic N) is 2. The molecule has 1 saturated carbocycles. The highest BCUT2D eigenvalue weighted by Gasteiger charge is 2.55. The quantitative estimate of drug-likeness (QED) is 0.920. The van der Waals surface area contributed by atoms with Gasteiger partial charge in [-0.05, 0) is 49.3 Å². The monoisotopic (exact) mass is 318 g/mol. The van der Waals surface area contributed by atoms with Gasteiger partial charge in [0.15, 0.2) is 0 Å². The number of aliphatic hydroxyl groups excluding tert-OH is 1. The number of amides is 1. The Kier molecular flexibility index (Phi) is 3.65. The minimum absolute atomic E-state index is 0.0406. The lowest BCUT2D eigenvalue weighted by Gasteiger charge is -2.53. The first-order chi connectivity index (χ1) is 11.1. The first kappa shape index (κ1) is 15.1. The fourth-order valence-corrected chi connectivity index (χ4v) is 4.18. The smallest absolute Gasteiger partial charge is 0.254 e. The molecule has 4 rings (SSSR count). The van der Waals surface area contributed by atoms with Crippen LogP contribution < -0.4 is 0 Å². The molecule has 1 amide bonds. The summed E-state index contributed by atoms with van der Waals surface area (Å²) in [5, 5.41) is 9.52. The van der Waals surface area contributed by atoms with Gasteiger partial charge in [-0.15, -0.1) is 0 Å². The molecule has 3 aliphatic rings. The zero-order chi connectivity index (χ0) is 16.0. The molecule has 1 aliphatic carbocycles. The Labute approximate surface area is 135 Å². The Morgan fingerprint density at radius 3 is 2.74 bits per heavy atom. The predicted molar refractivity (Wildman–Crippen MR) is 84.5 cm³/mol. The number of hydrogen-bond acceptors (Lipinski definition) is 3. The Balaban J connectivity index is 1.44. The first-order valence-corrected chi connectivity index (χ1v) is 8.50. The molecule has 0 aromatic heterocycles. The van der Waals surface area contributed by atoms with Crippen LogP contribution in [-0.4, -0.2) is 59.1 Å². The van der Waals surface area contributed by atoms with Crippen LogP contribution in [0.3, 0.4) is 0 Å². The third-order valence-corrected chi connectivity index (χ3v) is 5.58. The van der Waals surface area contributed by atoms with Crippen molar-refractivity contribution in [2.24, 2.45) is 11.8 Å². The van der Waals surface area contributed by atoms with Crippen LogP contribution in [0.1, 0.15) is 29.6 Å². The van der Waals surface area contributed by atoms with Gasteiger partial charge in [0.2, 0.25) is 0 Å². The summed E-state index contributed by atoms with van der Waals surface area (Å²) in [5.41, 5.74) is 0.462. The van der Waals surface area contributed by atoms with Crippen LogP contribution in [0.4, 0.5) is 4.39 Å². The average Bonchev–Trinajstić information content (AvgIpc) is 3.24. The van der Waals surface area contributed by atoms with Crippen molar-refractivity contribution in [1.82, 2.24) is 9.80 Å². The van der Waals surface area contributed by atoms with Crippen LogP contribution in [0.2, 0.25) is 0 Å². The molecule has 1 unspecified atom stereocenters. The van der Waals surface area contributed by atoms with Crippen molar-refractivity contribution in [2.75, 3.05) is 32.8 Å². The summed E-state index contributed by atoms with van der Waals surface area (Å²) >= 11 is 0. The highest BCUT2D eigenvalue weighted by Crippen LogP contribution is 2.43. The zero-order valence-corrected chi connectivity index (χ0v) is 13.2. The number of halogens is 1. The normalized spacial score (nSPS) is 26.5. The third-order valence-electron chi connectivity index (χ3n) is 5.58. The van der Waals surface area contributed by atoms with Gasteiger partial charge in [0, 0.05) is 38.3 Å². The van der Waals surface area contributed by atoms with Gasteiger partial charge in [0.25, 0.3) is 5.91 Å². The summed E-state index contributed by atoms with van der Waals surface area (Å²) in [6.45, 7) is 3.66. The molecule has 1 spiro atoms. The zero-order valence-electron chi connectivity index (χ0n) is 13.2. The molecular weight excluding hydrogens is 295 g/mol. The van der Waals surface area contributed by atoms with Crippen molar-refractivity contribution in [3.05, 3.63) is 35.6 Å². The molecule has 1 aromatic rings. The minimum Gasteiger partial charge on any atom is -0.396 e. The van der Waals surface area contributed by atoms with E-state index in [1.165, 1.54) is 25.0 Å². The maximum Gasteiger partial charge on any atom is 0.254 e. The number of benzene rings is 1. The van der Waals surface area contributed by atoms with Gasteiger partial charge in [-0.1, -0.05) is 6.07 Å². The molecule has 124 valence electrons. The van der Waals surface area contributed by atoms with Crippen LogP contribution in [0.15, 0.2) is 24.3 Å². The van der Waals surface area contributed by atoms with Gasteiger partial charge in [-0.25, -0.2) is 4.39 Å². The van der Waals surface area contributed by atoms with Gasteiger partial charge in [0.1, 0.15) is 5.82 Å². The molecule has 2 heterocycles. The standard InChI is InChI=1S/C18H23FN2O2/c19-16-3-1-2-15(6-16)17(23)20-11-18(12-20)7-14(10-22)9-21(18)8-13-4-5-13/h1-3,6,13-14,22H,4-5,7-12H2. The molecule has 0 bridgehead atoms. The van der Waals surface area contributed by atoms with Crippen molar-refractivity contribution < 1.29 is 14.3 Å². The number of carbonyl (C=O) groups is 1. The Morgan fingerprint density at radius 2 is 2.09 bits per heavy atom. The number of likely N-dealkylation sites (tertiary alicyclic amines) is 2. The number of aliphatic hydroxyl groups is 1. The highest BCUT2D eigenvalue weighted by atomic mass is 19.1. The molecule has 1 atom stereocenters. The number of hydrogen-bond donors (Lipinski definition) is 1. The van der Waals surface area contributed by atoms with Crippen molar-refractivity contribution in [1.29, 1.82) is 0 Å². The van der Waals surface area contributed by atoms with Gasteiger partial charge in [0.05, 0.1) is 5.54 Å². The Morgan fingerprint density at radius 1 is 1.30 bits per heavy atom. The molecular formula is C18H23FN2O2. The van der Waals surface area contributed by atoms with E-state index in [4.69, 9.17) is 0 Å². The molecule has 5 heteroatoms. The van der Waals surface area contributed by atoms with E-state index < -0.39 is 0 Å². The van der Waals surface area contributed by atoms with Gasteiger partial charge < -0.3 is 10.0 Å². The number of rotatable bonds is 4. The second kappa shape index (κ2) is 5.56. The van der Waals surface area contributed by atoms with E-state index in [1.54, 1.807) is 12.1 Å². The van der Waals surface area contributed by atoms with Crippen molar-refractivity contribution in [2.45, 2.75) is 24.8 Å². The molecule has 2 saturated heterocycles. The fourth-order valence-electron chi connectivity index (χ4n) is 4.18. The molecule has 23 heavy (non-hydrogen) atoms. The number of carbonyl (C=O) groups excluding carboxylic acids is 1. The van der Waals surface area contributed by atoms with Crippen LogP contribution in [0, 0.1) is 17.7 Å². The van der Waals surface area contributed by atoms with E-state index in [1.807, 2.05) is 4.90 Å². The summed E-state index contributed by atoms with van der Waals surface area (Å²) in [4.78, 5) is 16.8. The second-order valence-corrected chi connectivity index (χ2v) is 7.50. The van der Waals surface area contributed by atoms with Crippen LogP contribution in [-0.2, 0) is 0 Å². The third kappa shape index (κ3) is 2.76. The SMILES string of the molecule is O=C(c1cccc(F)c1)N1CC2(CC(CO)CN2CC2CC2)C1. The maximum absolute atomic E-state index is 13.3. The summed E-state index contributed by atoms with van der Waals surface area (Å²) < 4.78 is 13.3. The lowest BCUT2D eigenvalue weighted by atomic mass is 9.84. The van der Waals surface area contributed by atoms with Crippen LogP contribution in [0.25, 0.3) is 0 Å². The largest absolute Gasteiger partial charge is 0.396 e. The lowest BCUT2D eigenvalue weighted by Crippen LogP contribution is -2.69. The molecule has 1 N–H and O–H groups in total. The van der Waals surface area contributed by atoms with Gasteiger partial charge in [-0.3, -0.25) is 9.69 Å². The maximum atomic E-state index is 13.3. The van der Waals surface area contributed by atoms with E-state index in [0.29, 0.717) is 24.6 Å². The van der Waals surface area contributed by atoms with Crippen molar-refractivity contribution >= 4 is 5.91 Å². The van der Waals surface area contributed by atoms with E-state index in [0.717, 1.165) is 25.4 Å². The van der Waals surface area contributed by atoms with Crippen LogP contribution in [0.5, 0.6) is 0 Å². The van der Waals surface area contributed by atoms with E-state index in [2.05, 4.69) is 4.90 Å². The minimum atomic E-state index is -0.373. The van der Waals surface area contributed by atoms with E-state index in [-0.39, 0.29) is 23.9 Å². The Bertz CT molecular complexity index is 611. The highest BCUT2D eigenvalue weighted by molar-refractivity contribution is 5.95. The second-order valence-electron chi connectivity index (χ2n) is 7.50. The molecule has 1 aromatic carbocycles. The van der Waals surface area contributed by atoms with Crippen LogP contribution >= 0.6 is 0 Å². The van der Waals surface area contributed by atoms with E-state index >= 15 is 0 Å². The molecule has 4 nitrogen and oxygen atoms in total. The van der Waals surface area contributed by atoms with Crippen molar-refractivity contribution in [3.63, 3.8) is 0 Å². The molecule has 0 radical (unpaired) electrons. The lowest BCUT2D eigenvalue weighted by molar-refractivity contribution is -0.0200.